The van der Waals surface area contributed by atoms with Gasteiger partial charge >= 0.3 is 11.9 Å². The van der Waals surface area contributed by atoms with Crippen molar-refractivity contribution in [2.24, 2.45) is 4.99 Å². The predicted molar refractivity (Wildman–Crippen MR) is 116 cm³/mol. The molecule has 2 aromatic heterocycles. The number of furan rings is 1. The van der Waals surface area contributed by atoms with Crippen molar-refractivity contribution in [3.8, 4) is 0 Å². The van der Waals surface area contributed by atoms with E-state index in [9.17, 15) is 9.59 Å². The molecule has 0 amide bonds. The van der Waals surface area contributed by atoms with Crippen molar-refractivity contribution in [1.82, 2.24) is 4.57 Å². The van der Waals surface area contributed by atoms with Gasteiger partial charge in [0.1, 0.15) is 5.76 Å². The standard InChI is InChI=1S/C24H20N2O5/c1-2-30-24(29)16-6-5-7-18(12-16)25-13-17-14-26(21-9-4-3-8-20(17)21)15-19-10-11-22(31-19)23(27)28/h3-14H,2,15H2,1H3,(H,27,28). The number of benzene rings is 2. The first kappa shape index (κ1) is 20.2. The quantitative estimate of drug-likeness (QED) is 0.341. The lowest BCUT2D eigenvalue weighted by Crippen LogP contribution is -2.03. The average Bonchev–Trinajstić information content (AvgIpc) is 3.38. The van der Waals surface area contributed by atoms with Gasteiger partial charge in [-0.2, -0.15) is 0 Å². The van der Waals surface area contributed by atoms with Crippen LogP contribution in [0.25, 0.3) is 10.9 Å². The van der Waals surface area contributed by atoms with Crippen LogP contribution in [0, 0.1) is 0 Å². The third kappa shape index (κ3) is 4.40. The molecule has 0 aliphatic carbocycles. The number of aliphatic imine (C=N–C) groups is 1. The van der Waals surface area contributed by atoms with Gasteiger partial charge in [0.05, 0.1) is 24.4 Å². The molecule has 2 heterocycles. The third-order valence-corrected chi connectivity index (χ3v) is 4.73. The van der Waals surface area contributed by atoms with Crippen LogP contribution >= 0.6 is 0 Å². The molecule has 0 unspecified atom stereocenters. The van der Waals surface area contributed by atoms with Crippen molar-refractivity contribution in [2.45, 2.75) is 13.5 Å². The van der Waals surface area contributed by atoms with Gasteiger partial charge in [0.25, 0.3) is 0 Å². The average molecular weight is 416 g/mol. The summed E-state index contributed by atoms with van der Waals surface area (Å²) in [6.07, 6.45) is 3.68. The zero-order chi connectivity index (χ0) is 21.8. The molecular weight excluding hydrogens is 396 g/mol. The third-order valence-electron chi connectivity index (χ3n) is 4.73. The van der Waals surface area contributed by atoms with Crippen molar-refractivity contribution < 1.29 is 23.8 Å². The number of hydrogen-bond donors (Lipinski definition) is 1. The largest absolute Gasteiger partial charge is 0.475 e. The Kier molecular flexibility index (Phi) is 5.66. The number of esters is 1. The first-order chi connectivity index (χ1) is 15.0. The lowest BCUT2D eigenvalue weighted by Gasteiger charge is -2.02. The summed E-state index contributed by atoms with van der Waals surface area (Å²) in [6.45, 7) is 2.47. The van der Waals surface area contributed by atoms with Gasteiger partial charge in [-0.25, -0.2) is 9.59 Å². The Balaban J connectivity index is 1.63. The first-order valence-corrected chi connectivity index (χ1v) is 9.76. The molecule has 4 rings (SSSR count). The normalized spacial score (nSPS) is 11.3. The molecule has 7 nitrogen and oxygen atoms in total. The summed E-state index contributed by atoms with van der Waals surface area (Å²) in [5, 5.41) is 10.1. The maximum absolute atomic E-state index is 11.9. The van der Waals surface area contributed by atoms with Crippen molar-refractivity contribution in [3.63, 3.8) is 0 Å². The number of carboxylic acid groups (broad SMARTS) is 1. The van der Waals surface area contributed by atoms with E-state index in [1.807, 2.05) is 41.1 Å². The fourth-order valence-electron chi connectivity index (χ4n) is 3.33. The SMILES string of the molecule is CCOC(=O)c1cccc(N=Cc2cn(Cc3ccc(C(=O)O)o3)c3ccccc23)c1. The van der Waals surface area contributed by atoms with Crippen LogP contribution in [0.2, 0.25) is 0 Å². The number of carbonyl (C=O) groups excluding carboxylic acids is 1. The van der Waals surface area contributed by atoms with Crippen LogP contribution in [-0.4, -0.2) is 34.4 Å². The molecule has 0 saturated carbocycles. The smallest absolute Gasteiger partial charge is 0.371 e. The van der Waals surface area contributed by atoms with Gasteiger partial charge in [0.2, 0.25) is 5.76 Å². The zero-order valence-electron chi connectivity index (χ0n) is 16.8. The van der Waals surface area contributed by atoms with E-state index in [2.05, 4.69) is 4.99 Å². The minimum absolute atomic E-state index is 0.0882. The van der Waals surface area contributed by atoms with Gasteiger partial charge < -0.3 is 18.8 Å². The molecule has 0 atom stereocenters. The number of carboxylic acids is 1. The molecule has 0 bridgehead atoms. The topological polar surface area (TPSA) is 94.0 Å². The summed E-state index contributed by atoms with van der Waals surface area (Å²) < 4.78 is 12.4. The first-order valence-electron chi connectivity index (χ1n) is 9.76. The number of aromatic nitrogens is 1. The van der Waals surface area contributed by atoms with Gasteiger partial charge in [-0.3, -0.25) is 4.99 Å². The summed E-state index contributed by atoms with van der Waals surface area (Å²) in [5.74, 6) is -1.02. The zero-order valence-corrected chi connectivity index (χ0v) is 16.8. The van der Waals surface area contributed by atoms with E-state index in [-0.39, 0.29) is 11.7 Å². The highest BCUT2D eigenvalue weighted by molar-refractivity contribution is 6.00. The van der Waals surface area contributed by atoms with E-state index in [1.165, 1.54) is 6.07 Å². The molecule has 31 heavy (non-hydrogen) atoms. The summed E-state index contributed by atoms with van der Waals surface area (Å²) in [6, 6.07) is 17.9. The van der Waals surface area contributed by atoms with Crippen molar-refractivity contribution >= 4 is 34.7 Å². The number of fused-ring (bicyclic) bond motifs is 1. The minimum Gasteiger partial charge on any atom is -0.475 e. The highest BCUT2D eigenvalue weighted by atomic mass is 16.5. The lowest BCUT2D eigenvalue weighted by molar-refractivity contribution is 0.0525. The van der Waals surface area contributed by atoms with Crippen LogP contribution in [-0.2, 0) is 11.3 Å². The van der Waals surface area contributed by atoms with Crippen LogP contribution in [0.1, 0.15) is 39.2 Å². The maximum Gasteiger partial charge on any atom is 0.371 e. The van der Waals surface area contributed by atoms with Crippen molar-refractivity contribution in [1.29, 1.82) is 0 Å². The number of rotatable bonds is 7. The van der Waals surface area contributed by atoms with Gasteiger partial charge in [0.15, 0.2) is 0 Å². The Labute approximate surface area is 178 Å². The van der Waals surface area contributed by atoms with E-state index < -0.39 is 5.97 Å². The molecular formula is C24H20N2O5. The van der Waals surface area contributed by atoms with E-state index >= 15 is 0 Å². The van der Waals surface area contributed by atoms with Crippen LogP contribution in [0.3, 0.4) is 0 Å². The van der Waals surface area contributed by atoms with Crippen molar-refractivity contribution in [2.75, 3.05) is 6.61 Å². The number of aromatic carboxylic acids is 1. The molecule has 4 aromatic rings. The second-order valence-corrected chi connectivity index (χ2v) is 6.83. The second kappa shape index (κ2) is 8.71. The number of nitrogens with zero attached hydrogens (tertiary/aromatic N) is 2. The highest BCUT2D eigenvalue weighted by Gasteiger charge is 2.12. The van der Waals surface area contributed by atoms with Gasteiger partial charge in [0, 0.05) is 28.9 Å². The van der Waals surface area contributed by atoms with Gasteiger partial charge in [-0.05, 0) is 43.3 Å². The molecule has 0 fully saturated rings. The molecule has 7 heteroatoms. The summed E-state index contributed by atoms with van der Waals surface area (Å²) in [4.78, 5) is 27.5. The Morgan fingerprint density at radius 2 is 1.97 bits per heavy atom. The van der Waals surface area contributed by atoms with Crippen LogP contribution in [0.5, 0.6) is 0 Å². The second-order valence-electron chi connectivity index (χ2n) is 6.83. The Hall–Kier alpha value is -4.13. The number of ether oxygens (including phenoxy) is 1. The molecule has 0 aliphatic rings. The molecule has 0 spiro atoms. The Morgan fingerprint density at radius 3 is 2.74 bits per heavy atom. The fourth-order valence-corrected chi connectivity index (χ4v) is 3.33. The Morgan fingerprint density at radius 1 is 1.13 bits per heavy atom. The highest BCUT2D eigenvalue weighted by Crippen LogP contribution is 2.23. The molecule has 0 radical (unpaired) electrons. The molecule has 1 N–H and O–H groups in total. The minimum atomic E-state index is -1.10. The summed E-state index contributed by atoms with van der Waals surface area (Å²) in [5.41, 5.74) is 2.95. The molecule has 156 valence electrons. The van der Waals surface area contributed by atoms with Crippen LogP contribution in [0.4, 0.5) is 5.69 Å². The lowest BCUT2D eigenvalue weighted by atomic mass is 10.2. The molecule has 0 aliphatic heterocycles. The van der Waals surface area contributed by atoms with Crippen molar-refractivity contribution in [3.05, 3.63) is 89.5 Å². The van der Waals surface area contributed by atoms with Gasteiger partial charge in [-0.1, -0.05) is 24.3 Å². The number of carbonyl (C=O) groups is 2. The number of para-hydroxylation sites is 1. The van der Waals surface area contributed by atoms with E-state index in [4.69, 9.17) is 14.3 Å². The molecule has 0 saturated heterocycles. The van der Waals surface area contributed by atoms with E-state index in [0.717, 1.165) is 16.5 Å². The fraction of sp³-hybridized carbons (Fsp3) is 0.125. The predicted octanol–water partition coefficient (Wildman–Crippen LogP) is 4.91. The van der Waals surface area contributed by atoms with Crippen LogP contribution in [0.15, 0.2) is 76.3 Å². The van der Waals surface area contributed by atoms with Crippen LogP contribution < -0.4 is 0 Å². The summed E-state index contributed by atoms with van der Waals surface area (Å²) >= 11 is 0. The maximum atomic E-state index is 11.9. The van der Waals surface area contributed by atoms with Gasteiger partial charge in [-0.15, -0.1) is 0 Å². The molecule has 2 aromatic carbocycles. The summed E-state index contributed by atoms with van der Waals surface area (Å²) in [7, 11) is 0. The monoisotopic (exact) mass is 416 g/mol. The Bertz CT molecular complexity index is 1280. The van der Waals surface area contributed by atoms with E-state index in [1.54, 1.807) is 37.4 Å². The van der Waals surface area contributed by atoms with E-state index in [0.29, 0.717) is 30.2 Å². The number of hydrogen-bond acceptors (Lipinski definition) is 5.